The number of hydrogen-bond donors (Lipinski definition) is 3. The van der Waals surface area contributed by atoms with Gasteiger partial charge in [-0.25, -0.2) is 4.63 Å². The standard InChI is InChI=1S/C23H24N8O3/c1-4-13-33-18-11-9-17(10-12-18)20-19(26-30-31(20)22-21(24)28-34-29-22)23(32)27-25-15(3)16-7-5-14(2)6-8-16/h5-12,25H,3-4,13H2,1-2H3,(H2,24,28)(H,27,32). The summed E-state index contributed by atoms with van der Waals surface area (Å²) >= 11 is 0. The Morgan fingerprint density at radius 1 is 1.12 bits per heavy atom. The van der Waals surface area contributed by atoms with Crippen LogP contribution in [0.5, 0.6) is 5.75 Å². The summed E-state index contributed by atoms with van der Waals surface area (Å²) in [5, 5.41) is 15.5. The smallest absolute Gasteiger partial charge is 0.292 e. The van der Waals surface area contributed by atoms with Crippen molar-refractivity contribution >= 4 is 17.4 Å². The number of nitrogens with two attached hydrogens (primary N) is 1. The van der Waals surface area contributed by atoms with Gasteiger partial charge in [0.25, 0.3) is 5.91 Å². The number of benzene rings is 2. The maximum atomic E-state index is 13.1. The average Bonchev–Trinajstić information content (AvgIpc) is 3.47. The minimum absolute atomic E-state index is 0.00637. The van der Waals surface area contributed by atoms with Crippen molar-refractivity contribution in [3.63, 3.8) is 0 Å². The monoisotopic (exact) mass is 460 g/mol. The summed E-state index contributed by atoms with van der Waals surface area (Å²) in [4.78, 5) is 13.1. The van der Waals surface area contributed by atoms with Crippen molar-refractivity contribution in [3.05, 3.63) is 71.9 Å². The molecule has 0 saturated carbocycles. The fourth-order valence-corrected chi connectivity index (χ4v) is 3.13. The van der Waals surface area contributed by atoms with E-state index in [0.717, 1.165) is 17.5 Å². The van der Waals surface area contributed by atoms with Crippen molar-refractivity contribution in [2.45, 2.75) is 20.3 Å². The molecule has 4 aromatic rings. The number of hydrazine groups is 1. The molecule has 4 N–H and O–H groups in total. The van der Waals surface area contributed by atoms with Crippen LogP contribution in [0.2, 0.25) is 0 Å². The van der Waals surface area contributed by atoms with E-state index in [1.54, 1.807) is 24.3 Å². The first kappa shape index (κ1) is 22.5. The van der Waals surface area contributed by atoms with Gasteiger partial charge >= 0.3 is 0 Å². The normalized spacial score (nSPS) is 10.6. The molecule has 0 aliphatic carbocycles. The van der Waals surface area contributed by atoms with Crippen LogP contribution >= 0.6 is 0 Å². The Labute approximate surface area is 195 Å². The summed E-state index contributed by atoms with van der Waals surface area (Å²) in [6.07, 6.45) is 0.891. The van der Waals surface area contributed by atoms with Crippen molar-refractivity contribution in [2.24, 2.45) is 0 Å². The molecule has 0 atom stereocenters. The van der Waals surface area contributed by atoms with Gasteiger partial charge in [0.05, 0.1) is 12.3 Å². The summed E-state index contributed by atoms with van der Waals surface area (Å²) in [6.45, 7) is 8.59. The lowest BCUT2D eigenvalue weighted by Gasteiger charge is -2.12. The molecule has 0 spiro atoms. The lowest BCUT2D eigenvalue weighted by molar-refractivity contribution is 0.0938. The number of rotatable bonds is 9. The van der Waals surface area contributed by atoms with Crippen molar-refractivity contribution in [3.8, 4) is 22.8 Å². The number of amides is 1. The van der Waals surface area contributed by atoms with Crippen LogP contribution in [0, 0.1) is 6.92 Å². The van der Waals surface area contributed by atoms with Crippen LogP contribution in [-0.4, -0.2) is 37.8 Å². The molecule has 11 nitrogen and oxygen atoms in total. The summed E-state index contributed by atoms with van der Waals surface area (Å²) in [6, 6.07) is 14.9. The van der Waals surface area contributed by atoms with E-state index >= 15 is 0 Å². The van der Waals surface area contributed by atoms with Crippen molar-refractivity contribution in [2.75, 3.05) is 12.3 Å². The number of carbonyl (C=O) groups is 1. The molecule has 0 saturated heterocycles. The molecular weight excluding hydrogens is 436 g/mol. The van der Waals surface area contributed by atoms with Gasteiger partial charge in [0.15, 0.2) is 5.69 Å². The molecule has 0 aliphatic heterocycles. The molecule has 1 amide bonds. The lowest BCUT2D eigenvalue weighted by atomic mass is 10.1. The van der Waals surface area contributed by atoms with E-state index in [-0.39, 0.29) is 17.3 Å². The Morgan fingerprint density at radius 3 is 2.50 bits per heavy atom. The first-order valence-corrected chi connectivity index (χ1v) is 10.6. The third-order valence-corrected chi connectivity index (χ3v) is 4.91. The second-order valence-corrected chi connectivity index (χ2v) is 7.47. The summed E-state index contributed by atoms with van der Waals surface area (Å²) in [5.41, 5.74) is 14.8. The maximum Gasteiger partial charge on any atom is 0.292 e. The first-order chi connectivity index (χ1) is 16.5. The molecule has 2 aromatic carbocycles. The second kappa shape index (κ2) is 9.86. The molecule has 4 rings (SSSR count). The van der Waals surface area contributed by atoms with Crippen LogP contribution in [0.3, 0.4) is 0 Å². The van der Waals surface area contributed by atoms with Crippen LogP contribution < -0.4 is 21.3 Å². The molecular formula is C23H24N8O3. The molecule has 0 fully saturated rings. The minimum atomic E-state index is -0.532. The molecule has 34 heavy (non-hydrogen) atoms. The van der Waals surface area contributed by atoms with Gasteiger partial charge in [-0.05, 0) is 53.5 Å². The van der Waals surface area contributed by atoms with Gasteiger partial charge in [-0.15, -0.1) is 5.10 Å². The highest BCUT2D eigenvalue weighted by Crippen LogP contribution is 2.28. The first-order valence-electron chi connectivity index (χ1n) is 10.6. The molecule has 0 bridgehead atoms. The fraction of sp³-hybridized carbons (Fsp3) is 0.174. The van der Waals surface area contributed by atoms with Crippen LogP contribution in [0.4, 0.5) is 5.82 Å². The highest BCUT2D eigenvalue weighted by molar-refractivity contribution is 5.98. The van der Waals surface area contributed by atoms with Crippen LogP contribution in [0.15, 0.2) is 59.7 Å². The zero-order valence-corrected chi connectivity index (χ0v) is 18.8. The van der Waals surface area contributed by atoms with Gasteiger partial charge in [0, 0.05) is 5.56 Å². The van der Waals surface area contributed by atoms with Crippen molar-refractivity contribution in [1.29, 1.82) is 0 Å². The maximum absolute atomic E-state index is 13.1. The highest BCUT2D eigenvalue weighted by atomic mass is 16.6. The molecule has 2 heterocycles. The number of ether oxygens (including phenoxy) is 1. The molecule has 174 valence electrons. The van der Waals surface area contributed by atoms with Gasteiger partial charge < -0.3 is 10.5 Å². The van der Waals surface area contributed by atoms with Gasteiger partial charge in [-0.3, -0.25) is 15.6 Å². The van der Waals surface area contributed by atoms with E-state index in [0.29, 0.717) is 29.3 Å². The summed E-state index contributed by atoms with van der Waals surface area (Å²) in [5.74, 6) is 0.293. The highest BCUT2D eigenvalue weighted by Gasteiger charge is 2.25. The Kier molecular flexibility index (Phi) is 6.53. The summed E-state index contributed by atoms with van der Waals surface area (Å²) in [7, 11) is 0. The Morgan fingerprint density at radius 2 is 1.85 bits per heavy atom. The molecule has 11 heteroatoms. The number of hydrogen-bond acceptors (Lipinski definition) is 9. The van der Waals surface area contributed by atoms with E-state index in [1.165, 1.54) is 4.68 Å². The molecule has 0 unspecified atom stereocenters. The number of nitrogens with one attached hydrogen (secondary N) is 2. The quantitative estimate of drug-likeness (QED) is 0.321. The average molecular weight is 460 g/mol. The zero-order valence-electron chi connectivity index (χ0n) is 18.8. The van der Waals surface area contributed by atoms with Crippen molar-refractivity contribution in [1.82, 2.24) is 36.2 Å². The van der Waals surface area contributed by atoms with E-state index in [4.69, 9.17) is 15.1 Å². The summed E-state index contributed by atoms with van der Waals surface area (Å²) < 4.78 is 11.7. The SMILES string of the molecule is C=C(NNC(=O)c1nnn(-c2nonc2N)c1-c1ccc(OCCC)cc1)c1ccc(C)cc1. The number of anilines is 1. The zero-order chi connectivity index (χ0) is 24.1. The van der Waals surface area contributed by atoms with Gasteiger partial charge in [0.1, 0.15) is 11.4 Å². The van der Waals surface area contributed by atoms with Crippen LogP contribution in [0.1, 0.15) is 35.0 Å². The second-order valence-electron chi connectivity index (χ2n) is 7.47. The van der Waals surface area contributed by atoms with Crippen LogP contribution in [0.25, 0.3) is 22.8 Å². The number of carbonyl (C=O) groups excluding carboxylic acids is 1. The Bertz CT molecular complexity index is 1290. The molecule has 0 aliphatic rings. The number of nitrogens with zero attached hydrogens (tertiary/aromatic N) is 5. The predicted octanol–water partition coefficient (Wildman–Crippen LogP) is 2.90. The van der Waals surface area contributed by atoms with E-state index < -0.39 is 5.91 Å². The lowest BCUT2D eigenvalue weighted by Crippen LogP contribution is -2.36. The van der Waals surface area contributed by atoms with Crippen LogP contribution in [-0.2, 0) is 0 Å². The van der Waals surface area contributed by atoms with Gasteiger partial charge in [-0.2, -0.15) is 4.68 Å². The van der Waals surface area contributed by atoms with E-state index in [1.807, 2.05) is 38.1 Å². The van der Waals surface area contributed by atoms with Crippen molar-refractivity contribution < 1.29 is 14.2 Å². The third kappa shape index (κ3) is 4.72. The topological polar surface area (TPSA) is 146 Å². The van der Waals surface area contributed by atoms with Gasteiger partial charge in [-0.1, -0.05) is 48.5 Å². The molecule has 0 radical (unpaired) electrons. The van der Waals surface area contributed by atoms with Gasteiger partial charge in [0.2, 0.25) is 11.6 Å². The number of aromatic nitrogens is 5. The minimum Gasteiger partial charge on any atom is -0.494 e. The fourth-order valence-electron chi connectivity index (χ4n) is 3.13. The number of nitrogen functional groups attached to an aromatic ring is 1. The van der Waals surface area contributed by atoms with E-state index in [2.05, 4.69) is 38.1 Å². The predicted molar refractivity (Wildman–Crippen MR) is 126 cm³/mol. The Hall–Kier alpha value is -4.67. The third-order valence-electron chi connectivity index (χ3n) is 4.91. The number of aryl methyl sites for hydroxylation is 1. The van der Waals surface area contributed by atoms with E-state index in [9.17, 15) is 4.79 Å². The largest absolute Gasteiger partial charge is 0.494 e. The Balaban J connectivity index is 1.62. The molecule has 2 aromatic heterocycles.